The maximum atomic E-state index is 13.9. The Bertz CT molecular complexity index is 986. The lowest BCUT2D eigenvalue weighted by Crippen LogP contribution is -2.58. The summed E-state index contributed by atoms with van der Waals surface area (Å²) < 4.78 is 5.91. The first-order valence-corrected chi connectivity index (χ1v) is 14.0. The largest absolute Gasteiger partial charge is 0.494 e. The van der Waals surface area contributed by atoms with E-state index in [2.05, 4.69) is 6.92 Å². The van der Waals surface area contributed by atoms with Crippen LogP contribution >= 0.6 is 11.6 Å². The van der Waals surface area contributed by atoms with Gasteiger partial charge in [0, 0.05) is 17.6 Å². The lowest BCUT2D eigenvalue weighted by molar-refractivity contribution is -0.159. The number of benzene rings is 2. The zero-order valence-corrected chi connectivity index (χ0v) is 22.2. The fourth-order valence-electron chi connectivity index (χ4n) is 5.39. The number of amides is 2. The van der Waals surface area contributed by atoms with Crippen LogP contribution in [0, 0.1) is 0 Å². The summed E-state index contributed by atoms with van der Waals surface area (Å²) in [6.07, 6.45) is 10.8. The second kappa shape index (κ2) is 13.1. The fraction of sp³-hybridized carbons (Fsp3) is 0.533. The predicted octanol–water partition coefficient (Wildman–Crippen LogP) is 6.59. The van der Waals surface area contributed by atoms with Crippen molar-refractivity contribution in [1.29, 1.82) is 0 Å². The topological polar surface area (TPSA) is 49.9 Å². The van der Waals surface area contributed by atoms with E-state index in [4.69, 9.17) is 16.3 Å². The zero-order chi connectivity index (χ0) is 25.3. The van der Waals surface area contributed by atoms with Crippen molar-refractivity contribution in [3.8, 4) is 5.75 Å². The zero-order valence-electron chi connectivity index (χ0n) is 21.5. The molecular formula is C30H39ClN2O3. The molecule has 2 fully saturated rings. The quantitative estimate of drug-likeness (QED) is 0.320. The minimum atomic E-state index is -0.598. The molecule has 1 atom stereocenters. The van der Waals surface area contributed by atoms with Crippen molar-refractivity contribution < 1.29 is 14.3 Å². The van der Waals surface area contributed by atoms with Gasteiger partial charge in [-0.3, -0.25) is 9.59 Å². The Labute approximate surface area is 220 Å². The number of hydrogen-bond acceptors (Lipinski definition) is 3. The van der Waals surface area contributed by atoms with Gasteiger partial charge >= 0.3 is 0 Å². The van der Waals surface area contributed by atoms with Gasteiger partial charge in [0.2, 0.25) is 5.91 Å². The Morgan fingerprint density at radius 1 is 0.917 bits per heavy atom. The molecule has 1 aliphatic heterocycles. The van der Waals surface area contributed by atoms with E-state index in [1.807, 2.05) is 53.4 Å². The minimum Gasteiger partial charge on any atom is -0.494 e. The monoisotopic (exact) mass is 510 g/mol. The summed E-state index contributed by atoms with van der Waals surface area (Å²) in [5.74, 6) is 0.878. The third-order valence-electron chi connectivity index (χ3n) is 7.49. The molecular weight excluding hydrogens is 472 g/mol. The summed E-state index contributed by atoms with van der Waals surface area (Å²) in [6, 6.07) is 15.0. The summed E-state index contributed by atoms with van der Waals surface area (Å²) in [5, 5.41) is 0.691. The number of piperazine rings is 1. The lowest BCUT2D eigenvalue weighted by Gasteiger charge is -2.44. The molecule has 4 rings (SSSR count). The molecule has 1 saturated heterocycles. The van der Waals surface area contributed by atoms with Gasteiger partial charge in [0.1, 0.15) is 18.3 Å². The van der Waals surface area contributed by atoms with Crippen molar-refractivity contribution in [3.63, 3.8) is 0 Å². The SMILES string of the molecule is CCCCCCOc1ccc([C@H]2C(=O)N(C3CCCCC3)CC(=O)N2CCc2ccc(Cl)cc2)cc1. The van der Waals surface area contributed by atoms with Crippen LogP contribution in [0.15, 0.2) is 48.5 Å². The summed E-state index contributed by atoms with van der Waals surface area (Å²) in [5.41, 5.74) is 1.95. The summed E-state index contributed by atoms with van der Waals surface area (Å²) in [4.78, 5) is 30.9. The van der Waals surface area contributed by atoms with E-state index in [9.17, 15) is 9.59 Å². The van der Waals surface area contributed by atoms with Crippen molar-refractivity contribution in [2.45, 2.75) is 83.2 Å². The summed E-state index contributed by atoms with van der Waals surface area (Å²) >= 11 is 6.04. The Morgan fingerprint density at radius 3 is 2.33 bits per heavy atom. The van der Waals surface area contributed by atoms with Crippen molar-refractivity contribution in [1.82, 2.24) is 9.80 Å². The molecule has 0 spiro atoms. The standard InChI is InChI=1S/C30H39ClN2O3/c1-2-3-4-8-21-36-27-17-13-24(14-18-27)29-30(35)33(26-9-6-5-7-10-26)22-28(34)32(29)20-19-23-11-15-25(31)16-12-23/h11-18,26,29H,2-10,19-22H2,1H3/t29-/m0/s1. The van der Waals surface area contributed by atoms with Crippen LogP contribution in [-0.2, 0) is 16.0 Å². The van der Waals surface area contributed by atoms with Crippen LogP contribution in [0.4, 0.5) is 0 Å². The number of ether oxygens (including phenoxy) is 1. The highest BCUT2D eigenvalue weighted by Crippen LogP contribution is 2.33. The highest BCUT2D eigenvalue weighted by Gasteiger charge is 2.42. The lowest BCUT2D eigenvalue weighted by atomic mass is 9.91. The third kappa shape index (κ3) is 6.82. The average molecular weight is 511 g/mol. The molecule has 1 saturated carbocycles. The number of carbonyl (C=O) groups is 2. The molecule has 0 radical (unpaired) electrons. The average Bonchev–Trinajstić information content (AvgIpc) is 2.90. The van der Waals surface area contributed by atoms with Crippen LogP contribution in [0.3, 0.4) is 0 Å². The first-order chi connectivity index (χ1) is 17.6. The number of rotatable bonds is 11. The van der Waals surface area contributed by atoms with Crippen molar-refractivity contribution >= 4 is 23.4 Å². The highest BCUT2D eigenvalue weighted by atomic mass is 35.5. The Hall–Kier alpha value is -2.53. The van der Waals surface area contributed by atoms with E-state index < -0.39 is 6.04 Å². The van der Waals surface area contributed by atoms with Crippen LogP contribution in [0.5, 0.6) is 5.75 Å². The molecule has 0 bridgehead atoms. The molecule has 0 unspecified atom stereocenters. The molecule has 0 aromatic heterocycles. The normalized spacial score (nSPS) is 19.1. The van der Waals surface area contributed by atoms with E-state index in [-0.39, 0.29) is 24.4 Å². The third-order valence-corrected chi connectivity index (χ3v) is 7.74. The van der Waals surface area contributed by atoms with Crippen LogP contribution in [-0.4, -0.2) is 47.4 Å². The summed E-state index contributed by atoms with van der Waals surface area (Å²) in [7, 11) is 0. The smallest absolute Gasteiger partial charge is 0.250 e. The fourth-order valence-corrected chi connectivity index (χ4v) is 5.52. The molecule has 0 N–H and O–H groups in total. The second-order valence-corrected chi connectivity index (χ2v) is 10.5. The Balaban J connectivity index is 1.50. The Kier molecular flexibility index (Phi) is 9.68. The summed E-state index contributed by atoms with van der Waals surface area (Å²) in [6.45, 7) is 3.57. The molecule has 2 amide bonds. The molecule has 5 nitrogen and oxygen atoms in total. The van der Waals surface area contributed by atoms with Gasteiger partial charge in [0.25, 0.3) is 5.91 Å². The number of hydrogen-bond donors (Lipinski definition) is 0. The van der Waals surface area contributed by atoms with Crippen LogP contribution in [0.1, 0.15) is 81.9 Å². The van der Waals surface area contributed by atoms with E-state index in [0.717, 1.165) is 49.0 Å². The molecule has 2 aromatic carbocycles. The molecule has 6 heteroatoms. The van der Waals surface area contributed by atoms with Gasteiger partial charge in [0.05, 0.1) is 6.61 Å². The number of halogens is 1. The number of nitrogens with zero attached hydrogens (tertiary/aromatic N) is 2. The van der Waals surface area contributed by atoms with Gasteiger partial charge in [-0.15, -0.1) is 0 Å². The first kappa shape index (κ1) is 26.5. The van der Waals surface area contributed by atoms with Crippen molar-refractivity contribution in [2.75, 3.05) is 19.7 Å². The van der Waals surface area contributed by atoms with Crippen LogP contribution in [0.25, 0.3) is 0 Å². The van der Waals surface area contributed by atoms with Crippen LogP contribution < -0.4 is 4.74 Å². The molecule has 1 heterocycles. The van der Waals surface area contributed by atoms with Crippen LogP contribution in [0.2, 0.25) is 5.02 Å². The second-order valence-electron chi connectivity index (χ2n) is 10.1. The van der Waals surface area contributed by atoms with E-state index in [1.165, 1.54) is 25.7 Å². The predicted molar refractivity (Wildman–Crippen MR) is 144 cm³/mol. The molecule has 2 aliphatic rings. The number of unbranched alkanes of at least 4 members (excludes halogenated alkanes) is 3. The molecule has 1 aliphatic carbocycles. The van der Waals surface area contributed by atoms with Crippen molar-refractivity contribution in [3.05, 3.63) is 64.7 Å². The molecule has 2 aromatic rings. The molecule has 36 heavy (non-hydrogen) atoms. The van der Waals surface area contributed by atoms with Gasteiger partial charge in [-0.2, -0.15) is 0 Å². The van der Waals surface area contributed by atoms with E-state index in [1.54, 1.807) is 4.90 Å². The van der Waals surface area contributed by atoms with Gasteiger partial charge in [0.15, 0.2) is 0 Å². The van der Waals surface area contributed by atoms with Gasteiger partial charge in [-0.25, -0.2) is 0 Å². The van der Waals surface area contributed by atoms with Gasteiger partial charge in [-0.1, -0.05) is 81.3 Å². The van der Waals surface area contributed by atoms with E-state index >= 15 is 0 Å². The first-order valence-electron chi connectivity index (χ1n) is 13.6. The van der Waals surface area contributed by atoms with Gasteiger partial charge < -0.3 is 14.5 Å². The minimum absolute atomic E-state index is 0.0235. The van der Waals surface area contributed by atoms with Crippen molar-refractivity contribution in [2.24, 2.45) is 0 Å². The van der Waals surface area contributed by atoms with E-state index in [0.29, 0.717) is 24.6 Å². The highest BCUT2D eigenvalue weighted by molar-refractivity contribution is 6.30. The maximum absolute atomic E-state index is 13.9. The Morgan fingerprint density at radius 2 is 1.64 bits per heavy atom. The maximum Gasteiger partial charge on any atom is 0.250 e. The van der Waals surface area contributed by atoms with Gasteiger partial charge in [-0.05, 0) is 61.1 Å². The molecule has 194 valence electrons. The number of carbonyl (C=O) groups excluding carboxylic acids is 2.